The van der Waals surface area contributed by atoms with Crippen LogP contribution >= 0.6 is 22.7 Å². The van der Waals surface area contributed by atoms with Gasteiger partial charge in [0, 0.05) is 48.3 Å². The highest BCUT2D eigenvalue weighted by molar-refractivity contribution is 7.12. The van der Waals surface area contributed by atoms with Gasteiger partial charge in [-0.2, -0.15) is 0 Å². The Morgan fingerprint density at radius 2 is 1.89 bits per heavy atom. The number of pyridine rings is 1. The molecule has 0 amide bonds. The molecule has 5 N–H and O–H groups in total. The van der Waals surface area contributed by atoms with Crippen LogP contribution in [0.5, 0.6) is 11.5 Å². The zero-order valence-electron chi connectivity index (χ0n) is 30.8. The molecule has 16 heteroatoms. The molecule has 4 aromatic heterocycles. The topological polar surface area (TPSA) is 184 Å². The molecule has 6 aromatic rings. The molecule has 1 saturated carbocycles. The maximum absolute atomic E-state index is 13.4. The van der Waals surface area contributed by atoms with E-state index in [1.165, 1.54) is 34.8 Å². The number of aromatic hydroxyl groups is 1. The molecule has 0 bridgehead atoms. The zero-order valence-corrected chi connectivity index (χ0v) is 32.5. The average molecular weight is 801 g/mol. The summed E-state index contributed by atoms with van der Waals surface area (Å²) in [6, 6.07) is 15.6. The molecule has 8 rings (SSSR count). The van der Waals surface area contributed by atoms with E-state index >= 15 is 0 Å². The molecule has 0 unspecified atom stereocenters. The number of carbonyl (C=O) groups is 1. The van der Waals surface area contributed by atoms with Crippen LogP contribution in [0.25, 0.3) is 21.9 Å². The zero-order chi connectivity index (χ0) is 38.8. The predicted octanol–water partition coefficient (Wildman–Crippen LogP) is 4.90. The molecule has 2 aromatic carbocycles. The van der Waals surface area contributed by atoms with Crippen molar-refractivity contribution in [3.63, 3.8) is 0 Å². The van der Waals surface area contributed by atoms with E-state index < -0.39 is 17.7 Å². The molecule has 1 atom stereocenters. The monoisotopic (exact) mass is 800 g/mol. The maximum Gasteiger partial charge on any atom is 0.349 e. The first-order valence-corrected chi connectivity index (χ1v) is 20.5. The number of aromatic nitrogens is 4. The highest BCUT2D eigenvalue weighted by Crippen LogP contribution is 2.39. The summed E-state index contributed by atoms with van der Waals surface area (Å²) in [5.41, 5.74) is 2.11. The van der Waals surface area contributed by atoms with E-state index in [1.807, 2.05) is 33.6 Å². The summed E-state index contributed by atoms with van der Waals surface area (Å²) in [6.07, 6.45) is 2.94. The number of benzene rings is 2. The van der Waals surface area contributed by atoms with Crippen molar-refractivity contribution < 1.29 is 34.3 Å². The molecule has 1 aliphatic carbocycles. The fraction of sp³-hybridized carbons (Fsp3) is 0.400. The van der Waals surface area contributed by atoms with Crippen LogP contribution in [0.4, 0.5) is 0 Å². The first-order chi connectivity index (χ1) is 27.2. The van der Waals surface area contributed by atoms with Gasteiger partial charge in [-0.1, -0.05) is 23.4 Å². The van der Waals surface area contributed by atoms with Crippen LogP contribution in [-0.4, -0.2) is 85.2 Å². The number of phenolic OH excluding ortho intramolecular Hbond substituents is 1. The number of thiophene rings is 2. The van der Waals surface area contributed by atoms with Crippen LogP contribution in [0.15, 0.2) is 70.2 Å². The number of H-pyrrole nitrogens is 1. The predicted molar refractivity (Wildman–Crippen MR) is 212 cm³/mol. The van der Waals surface area contributed by atoms with Crippen molar-refractivity contribution in [1.82, 2.24) is 30.2 Å². The number of aromatic amines is 1. The van der Waals surface area contributed by atoms with Crippen LogP contribution in [0.2, 0.25) is 0 Å². The van der Waals surface area contributed by atoms with Gasteiger partial charge in [0.2, 0.25) is 11.2 Å². The highest BCUT2D eigenvalue weighted by Gasteiger charge is 2.45. The minimum absolute atomic E-state index is 0.0590. The Bertz CT molecular complexity index is 2320. The van der Waals surface area contributed by atoms with Gasteiger partial charge < -0.3 is 44.7 Å². The van der Waals surface area contributed by atoms with Gasteiger partial charge in [0.25, 0.3) is 0 Å². The normalized spacial score (nSPS) is 17.9. The smallest absolute Gasteiger partial charge is 0.349 e. The number of hydrogen-bond donors (Lipinski definition) is 5. The van der Waals surface area contributed by atoms with Crippen molar-refractivity contribution in [1.29, 1.82) is 0 Å². The molecule has 56 heavy (non-hydrogen) atoms. The number of hydrogen-bond acceptors (Lipinski definition) is 14. The van der Waals surface area contributed by atoms with Crippen LogP contribution in [-0.2, 0) is 39.6 Å². The lowest BCUT2D eigenvalue weighted by Crippen LogP contribution is -2.42. The second-order valence-electron chi connectivity index (χ2n) is 14.4. The second-order valence-corrected chi connectivity index (χ2v) is 16.3. The van der Waals surface area contributed by atoms with Crippen LogP contribution in [0.3, 0.4) is 0 Å². The SMILES string of the molecule is CN(CCCn1nnc2cc(CNC[C@H](O)c3ccc(O)c4[nH]c(=O)ccc34)c3c(c21)COCO3)C1CCC(OC(=O)C(O)(c2cccs2)c2cccs2)CC1. The molecule has 14 nitrogen and oxygen atoms in total. The number of ether oxygens (including phenoxy) is 3. The number of carbonyl (C=O) groups excluding carboxylic acids is 1. The average Bonchev–Trinajstić information content (AvgIpc) is 4.02. The van der Waals surface area contributed by atoms with E-state index in [2.05, 4.69) is 32.6 Å². The van der Waals surface area contributed by atoms with Crippen LogP contribution in [0.1, 0.15) is 64.7 Å². The Balaban J connectivity index is 0.855. The first-order valence-electron chi connectivity index (χ1n) is 18.7. The number of esters is 1. The number of aliphatic hydroxyl groups excluding tert-OH is 1. The van der Waals surface area contributed by atoms with Gasteiger partial charge in [-0.15, -0.1) is 27.8 Å². The van der Waals surface area contributed by atoms with Crippen molar-refractivity contribution in [3.05, 3.63) is 102 Å². The number of nitrogens with zero attached hydrogens (tertiary/aromatic N) is 4. The van der Waals surface area contributed by atoms with Gasteiger partial charge >= 0.3 is 5.97 Å². The van der Waals surface area contributed by atoms with Gasteiger partial charge in [0.05, 0.1) is 33.5 Å². The third-order valence-corrected chi connectivity index (χ3v) is 12.8. The number of aliphatic hydroxyl groups is 2. The molecule has 0 radical (unpaired) electrons. The summed E-state index contributed by atoms with van der Waals surface area (Å²) in [6.45, 7) is 2.59. The summed E-state index contributed by atoms with van der Waals surface area (Å²) in [5.74, 6) is 0.0521. The quantitative estimate of drug-likeness (QED) is 0.0941. The maximum atomic E-state index is 13.4. The molecule has 1 aliphatic heterocycles. The van der Waals surface area contributed by atoms with E-state index in [9.17, 15) is 24.9 Å². The molecule has 0 saturated heterocycles. The number of aryl methyl sites for hydroxylation is 1. The Morgan fingerprint density at radius 1 is 1.12 bits per heavy atom. The Labute approximate surface area is 330 Å². The van der Waals surface area contributed by atoms with Crippen LogP contribution in [0, 0.1) is 0 Å². The van der Waals surface area contributed by atoms with Crippen molar-refractivity contribution in [2.75, 3.05) is 26.9 Å². The number of fused-ring (bicyclic) bond motifs is 4. The Kier molecular flexibility index (Phi) is 11.2. The lowest BCUT2D eigenvalue weighted by Gasteiger charge is -2.35. The van der Waals surface area contributed by atoms with Gasteiger partial charge in [-0.25, -0.2) is 9.48 Å². The lowest BCUT2D eigenvalue weighted by atomic mass is 9.91. The van der Waals surface area contributed by atoms with E-state index in [-0.39, 0.29) is 36.3 Å². The minimum atomic E-state index is -1.79. The minimum Gasteiger partial charge on any atom is -0.506 e. The van der Waals surface area contributed by atoms with E-state index in [0.717, 1.165) is 66.6 Å². The summed E-state index contributed by atoms with van der Waals surface area (Å²) >= 11 is 2.69. The summed E-state index contributed by atoms with van der Waals surface area (Å²) in [5, 5.41) is 49.5. The fourth-order valence-electron chi connectivity index (χ4n) is 7.90. The third-order valence-electron chi connectivity index (χ3n) is 10.8. The van der Waals surface area contributed by atoms with Gasteiger partial charge in [-0.05, 0) is 92.4 Å². The second kappa shape index (κ2) is 16.4. The molecule has 1 fully saturated rings. The molecule has 294 valence electrons. The van der Waals surface area contributed by atoms with Crippen molar-refractivity contribution in [3.8, 4) is 11.5 Å². The van der Waals surface area contributed by atoms with Crippen molar-refractivity contribution in [2.45, 2.75) is 75.7 Å². The van der Waals surface area contributed by atoms with Crippen molar-refractivity contribution in [2.24, 2.45) is 0 Å². The van der Waals surface area contributed by atoms with Gasteiger partial charge in [-0.3, -0.25) is 4.79 Å². The largest absolute Gasteiger partial charge is 0.506 e. The Morgan fingerprint density at radius 3 is 2.62 bits per heavy atom. The molecule has 0 spiro atoms. The fourth-order valence-corrected chi connectivity index (χ4v) is 9.61. The van der Waals surface area contributed by atoms with E-state index in [4.69, 9.17) is 14.2 Å². The first kappa shape index (κ1) is 38.2. The lowest BCUT2D eigenvalue weighted by molar-refractivity contribution is -0.169. The molecule has 5 heterocycles. The number of nitrogens with one attached hydrogen (secondary N) is 2. The summed E-state index contributed by atoms with van der Waals surface area (Å²) < 4.78 is 19.6. The molecular weight excluding hydrogens is 757 g/mol. The molecular formula is C40H44N6O8S2. The van der Waals surface area contributed by atoms with Crippen molar-refractivity contribution >= 4 is 50.6 Å². The Hall–Kier alpha value is -4.68. The standard InChI is InChI=1S/C40H44N6O8S2/c1-45(25-7-9-26(10-8-25)54-39(50)40(51,33-5-2-17-55-33)34-6-3-18-56-34)15-4-16-46-37-29-22-52-23-53-38(29)24(19-30(37)43-44-46)20-41-21-32(48)27-11-13-31(47)36-28(27)12-14-35(49)42-36/h2-3,5-6,11-14,17-19,25-26,32,41,47-48,51H,4,7-10,15-16,20-23H2,1H3,(H,42,49)/t25?,26?,32-/m0/s1. The number of phenols is 1. The summed E-state index contributed by atoms with van der Waals surface area (Å²) in [7, 11) is 2.13. The molecule has 2 aliphatic rings. The van der Waals surface area contributed by atoms with E-state index in [1.54, 1.807) is 24.3 Å². The van der Waals surface area contributed by atoms with Gasteiger partial charge in [0.15, 0.2) is 6.79 Å². The highest BCUT2D eigenvalue weighted by atomic mass is 32.1. The third kappa shape index (κ3) is 7.57. The van der Waals surface area contributed by atoms with Crippen LogP contribution < -0.4 is 15.6 Å². The van der Waals surface area contributed by atoms with Gasteiger partial charge in [0.1, 0.15) is 23.1 Å². The number of rotatable bonds is 14. The summed E-state index contributed by atoms with van der Waals surface area (Å²) in [4.78, 5) is 31.4. The van der Waals surface area contributed by atoms with E-state index in [0.29, 0.717) is 46.4 Å².